The van der Waals surface area contributed by atoms with Gasteiger partial charge in [-0.2, -0.15) is 0 Å². The van der Waals surface area contributed by atoms with E-state index in [0.717, 1.165) is 22.3 Å². The van der Waals surface area contributed by atoms with Gasteiger partial charge in [-0.15, -0.1) is 0 Å². The van der Waals surface area contributed by atoms with Crippen LogP contribution < -0.4 is 21.1 Å². The molecular formula is C95H140N6O26S2. The number of carbonyl (C=O) groups excluding carboxylic acids is 7. The number of sulfone groups is 1. The van der Waals surface area contributed by atoms with Gasteiger partial charge in [0, 0.05) is 107 Å². The molecule has 1 saturated carbocycles. The lowest BCUT2D eigenvalue weighted by molar-refractivity contribution is -0.265. The summed E-state index contributed by atoms with van der Waals surface area (Å²) in [7, 11) is 0.773. The van der Waals surface area contributed by atoms with E-state index in [0.29, 0.717) is 205 Å². The third kappa shape index (κ3) is 34.3. The number of ether oxygens (including phenoxy) is 15. The lowest BCUT2D eigenvalue weighted by Gasteiger charge is -2.42. The Morgan fingerprint density at radius 1 is 0.698 bits per heavy atom. The third-order valence-corrected chi connectivity index (χ3v) is 26.2. The van der Waals surface area contributed by atoms with Crippen LogP contribution in [0.1, 0.15) is 153 Å². The largest absolute Gasteiger partial charge is 0.491 e. The predicted molar refractivity (Wildman–Crippen MR) is 486 cm³/mol. The third-order valence-electron chi connectivity index (χ3n) is 24.2. The number of rotatable bonds is 40. The second kappa shape index (κ2) is 55.6. The number of thiocarbonyl (C=S) groups is 1. The lowest BCUT2D eigenvalue weighted by Crippen LogP contribution is -2.61. The molecule has 2 bridgehead atoms. The smallest absolute Gasteiger partial charge is 0.329 e. The molecule has 1 aromatic heterocycles. The summed E-state index contributed by atoms with van der Waals surface area (Å²) in [6, 6.07) is 12.6. The quantitative estimate of drug-likeness (QED) is 0.0116. The molecule has 0 spiro atoms. The number of Topliss-reactive ketones (excluding diaryl/α,β-unsaturated/α-hetero) is 3. The zero-order valence-corrected chi connectivity index (χ0v) is 78.8. The van der Waals surface area contributed by atoms with E-state index >= 15 is 0 Å². The molecule has 129 heavy (non-hydrogen) atoms. The standard InChI is InChI=1S/C95H140N6O26S2/c1-63-17-13-12-14-18-64(2)82(113-9)59-75-24-20-70(8)95(110,127-75)90(106)92(108)101-33-16-15-19-78(101)93(109)125-83(60-79(102)66(4)54-69(7)88(105)89(115-11)87(104)68(6)53-63)67(5)55-71-21-27-81(84(57-71)114-10)126-94(128)98-31-36-117-39-41-119-43-45-121-47-49-123-51-50-122-48-46-120-44-42-118-40-38-116-35-30-86(103)97-32-52-129(111,112)76-25-26-77(65(3)56-76)91(107)100-34-37-124-80-28-22-72(58-74(80)62-100)73-23-29-85(96)99-61-73/h12-14,17-18,22-23,25-26,28-29,54,56,58,61,63,66-68,70-71,75,78,81-84,88-89,105,110H,15-16,19-21,24,27,30-53,55,57,59-60,62H2,1-11H3,(H2,96,99)(H,97,103)(H,98,128)/b14-12?,17-13+,64-18?,69-54+/t63-,66-,67-,68-,70-,71+,75+,78+,81-,82+,83+,84-,88-,89+,95-/m1/s1. The van der Waals surface area contributed by atoms with E-state index in [1.807, 2.05) is 82.3 Å². The summed E-state index contributed by atoms with van der Waals surface area (Å²) in [5, 5.41) is 29.7. The number of anilines is 1. The van der Waals surface area contributed by atoms with Gasteiger partial charge in [0.25, 0.3) is 22.8 Å². The van der Waals surface area contributed by atoms with E-state index in [4.69, 9.17) is 89.0 Å². The number of piperidine rings is 1. The molecule has 6 N–H and O–H groups in total. The highest BCUT2D eigenvalue weighted by molar-refractivity contribution is 7.91. The molecule has 4 aliphatic heterocycles. The summed E-state index contributed by atoms with van der Waals surface area (Å²) < 4.78 is 114. The van der Waals surface area contributed by atoms with Crippen molar-refractivity contribution in [3.8, 4) is 16.9 Å². The zero-order valence-electron chi connectivity index (χ0n) is 77.1. The van der Waals surface area contributed by atoms with Crippen molar-refractivity contribution in [2.24, 2.45) is 35.5 Å². The van der Waals surface area contributed by atoms with Gasteiger partial charge in [-0.3, -0.25) is 28.8 Å². The number of aliphatic hydroxyl groups excluding tert-OH is 1. The first-order valence-corrected chi connectivity index (χ1v) is 47.4. The first-order valence-electron chi connectivity index (χ1n) is 45.4. The van der Waals surface area contributed by atoms with Gasteiger partial charge in [0.1, 0.15) is 54.4 Å². The van der Waals surface area contributed by atoms with Crippen LogP contribution in [0, 0.1) is 42.4 Å². The molecule has 1 aliphatic carbocycles. The van der Waals surface area contributed by atoms with Gasteiger partial charge in [-0.25, -0.2) is 18.2 Å². The number of hydrogen-bond donors (Lipinski definition) is 5. The van der Waals surface area contributed by atoms with Crippen LogP contribution in [0.2, 0.25) is 0 Å². The Hall–Kier alpha value is -7.88. The number of methoxy groups -OCH3 is 3. The van der Waals surface area contributed by atoms with Crippen molar-refractivity contribution in [2.75, 3.05) is 171 Å². The van der Waals surface area contributed by atoms with Gasteiger partial charge in [-0.1, -0.05) is 77.1 Å². The molecule has 2 aromatic carbocycles. The lowest BCUT2D eigenvalue weighted by atomic mass is 9.78. The highest BCUT2D eigenvalue weighted by Gasteiger charge is 2.53. The maximum Gasteiger partial charge on any atom is 0.329 e. The van der Waals surface area contributed by atoms with Crippen molar-refractivity contribution in [1.82, 2.24) is 25.4 Å². The number of cyclic esters (lactones) is 1. The Bertz CT molecular complexity index is 4300. The fourth-order valence-electron chi connectivity index (χ4n) is 16.5. The summed E-state index contributed by atoms with van der Waals surface area (Å²) in [5.74, 6) is -8.30. The molecule has 718 valence electrons. The number of amides is 3. The maximum atomic E-state index is 14.8. The van der Waals surface area contributed by atoms with Crippen molar-refractivity contribution < 1.29 is 123 Å². The number of esters is 1. The number of aromatic nitrogens is 1. The summed E-state index contributed by atoms with van der Waals surface area (Å²) in [6.07, 6.45) is 12.5. The highest BCUT2D eigenvalue weighted by atomic mass is 32.2. The van der Waals surface area contributed by atoms with Gasteiger partial charge in [-0.05, 0) is 180 Å². The van der Waals surface area contributed by atoms with Crippen LogP contribution in [0.15, 0.2) is 107 Å². The summed E-state index contributed by atoms with van der Waals surface area (Å²) in [5.41, 5.74) is 10.5. The second-order valence-electron chi connectivity index (χ2n) is 34.1. The molecule has 34 heteroatoms. The van der Waals surface area contributed by atoms with Gasteiger partial charge in [0.2, 0.25) is 11.7 Å². The van der Waals surface area contributed by atoms with Crippen LogP contribution in [-0.4, -0.2) is 300 Å². The number of fused-ring (bicyclic) bond motifs is 4. The fourth-order valence-corrected chi connectivity index (χ4v) is 18.0. The number of nitrogens with zero attached hydrogens (tertiary/aromatic N) is 3. The molecule has 8 rings (SSSR count). The molecule has 15 atom stereocenters. The van der Waals surface area contributed by atoms with Crippen LogP contribution in [0.3, 0.4) is 0 Å². The molecule has 2 saturated heterocycles. The molecule has 3 fully saturated rings. The predicted octanol–water partition coefficient (Wildman–Crippen LogP) is 9.18. The number of ketones is 3. The minimum absolute atomic E-state index is 0.0154. The molecular weight excluding hydrogens is 1710 g/mol. The number of nitrogen functional groups attached to an aromatic ring is 1. The number of carbonyl (C=O) groups is 7. The number of benzene rings is 2. The molecule has 5 aliphatic rings. The average molecular weight is 1850 g/mol. The summed E-state index contributed by atoms with van der Waals surface area (Å²) >= 11 is 5.61. The number of nitrogens with two attached hydrogens (primary N) is 1. The van der Waals surface area contributed by atoms with Crippen molar-refractivity contribution >= 4 is 74.1 Å². The molecule has 5 heterocycles. The van der Waals surface area contributed by atoms with Gasteiger partial charge < -0.3 is 107 Å². The average Bonchev–Trinajstić information content (AvgIpc) is 1.08. The van der Waals surface area contributed by atoms with E-state index < -0.39 is 93.5 Å². The van der Waals surface area contributed by atoms with Gasteiger partial charge >= 0.3 is 5.97 Å². The van der Waals surface area contributed by atoms with Crippen LogP contribution in [0.5, 0.6) is 5.75 Å². The number of allylic oxidation sites excluding steroid dienone is 6. The maximum absolute atomic E-state index is 14.8. The fraction of sp³-hybridized carbons (Fsp3) is 0.653. The van der Waals surface area contributed by atoms with E-state index in [1.54, 1.807) is 65.2 Å². The van der Waals surface area contributed by atoms with E-state index in [9.17, 15) is 52.2 Å². The SMILES string of the molecule is CO[C@H]1C[C@@H]2CC[C@@H](C)[C@@](O)(O2)C(=O)C(=O)N2CCCC[C@H]2C(=O)O[C@H]([C@H](C)C[C@@H]2CC[C@@H](OC(=S)NCCOCCOCCOCCOCCOCCOCCOCCOCCC(=O)NCCS(=O)(=O)c3ccc(C(=O)N4CCOc5ccc(-c6ccc(N)nc6)cc5C4)c(C)c3)[C@H](OC)C2)CC(=O)[C@H](C)/C=C(\C)[C@@H](O)[C@@H](OC)C(=O)[C@H](C)C[C@H](C)/C=C/C=CC=C1C. The van der Waals surface area contributed by atoms with Gasteiger partial charge in [0.05, 0.1) is 141 Å². The van der Waals surface area contributed by atoms with Crippen LogP contribution in [-0.2, 0) is 111 Å². The van der Waals surface area contributed by atoms with Crippen LogP contribution in [0.4, 0.5) is 5.82 Å². The first kappa shape index (κ1) is 106. The van der Waals surface area contributed by atoms with Crippen LogP contribution >= 0.6 is 12.2 Å². The number of pyridine rings is 1. The van der Waals surface area contributed by atoms with Crippen LogP contribution in [0.25, 0.3) is 11.1 Å². The molecule has 0 unspecified atom stereocenters. The molecule has 32 nitrogen and oxygen atoms in total. The topological polar surface area (TPSA) is 402 Å². The molecule has 3 aromatic rings. The number of hydrogen-bond acceptors (Lipinski definition) is 29. The number of aryl methyl sites for hydroxylation is 1. The van der Waals surface area contributed by atoms with Crippen molar-refractivity contribution in [2.45, 2.75) is 205 Å². The van der Waals surface area contributed by atoms with Gasteiger partial charge in [0.15, 0.2) is 15.6 Å². The summed E-state index contributed by atoms with van der Waals surface area (Å²) in [4.78, 5) is 106. The molecule has 0 radical (unpaired) electrons. The Kier molecular flexibility index (Phi) is 45.9. The minimum Gasteiger partial charge on any atom is -0.491 e. The second-order valence-corrected chi connectivity index (χ2v) is 36.5. The Morgan fingerprint density at radius 2 is 1.35 bits per heavy atom. The Balaban J connectivity index is 0.643. The van der Waals surface area contributed by atoms with E-state index in [-0.39, 0.29) is 115 Å². The monoisotopic (exact) mass is 1840 g/mol. The zero-order chi connectivity index (χ0) is 93.4. The highest BCUT2D eigenvalue weighted by Crippen LogP contribution is 2.39. The Labute approximate surface area is 766 Å². The summed E-state index contributed by atoms with van der Waals surface area (Å²) in [6.45, 7) is 21.1. The molecule has 3 amide bonds. The van der Waals surface area contributed by atoms with E-state index in [1.165, 1.54) is 30.2 Å². The number of aliphatic hydroxyl groups is 2. The number of nitrogens with one attached hydrogen (secondary N) is 2. The minimum atomic E-state index is -3.78. The van der Waals surface area contributed by atoms with Crippen molar-refractivity contribution in [3.63, 3.8) is 0 Å². The normalized spacial score (nSPS) is 26.1. The van der Waals surface area contributed by atoms with Crippen molar-refractivity contribution in [1.29, 1.82) is 0 Å². The van der Waals surface area contributed by atoms with Crippen molar-refractivity contribution in [3.05, 3.63) is 119 Å². The first-order chi connectivity index (χ1) is 61.9. The Morgan fingerprint density at radius 3 is 1.98 bits per heavy atom. The van der Waals surface area contributed by atoms with E-state index in [2.05, 4.69) is 15.6 Å².